The van der Waals surface area contributed by atoms with Crippen LogP contribution in [0.25, 0.3) is 22.0 Å². The van der Waals surface area contributed by atoms with E-state index in [0.717, 1.165) is 33.3 Å². The first-order valence-corrected chi connectivity index (χ1v) is 10.6. The number of hydrogen-bond acceptors (Lipinski definition) is 4. The molecule has 0 unspecified atom stereocenters. The SMILES string of the molecule is Cc1cc(C)c(CNC(=O)c2cc(-c3cccc(N)c3)cc3c2cnn3C(C)C)c(=O)[nH]1. The predicted octanol–water partition coefficient (Wildman–Crippen LogP) is 4.10. The van der Waals surface area contributed by atoms with Gasteiger partial charge in [-0.3, -0.25) is 14.3 Å². The first-order chi connectivity index (χ1) is 15.2. The lowest BCUT2D eigenvalue weighted by Crippen LogP contribution is -2.28. The van der Waals surface area contributed by atoms with E-state index < -0.39 is 0 Å². The molecule has 0 radical (unpaired) electrons. The van der Waals surface area contributed by atoms with Crippen molar-refractivity contribution in [1.82, 2.24) is 20.1 Å². The molecule has 0 atom stereocenters. The maximum Gasteiger partial charge on any atom is 0.253 e. The van der Waals surface area contributed by atoms with Gasteiger partial charge >= 0.3 is 0 Å². The Morgan fingerprint density at radius 2 is 1.94 bits per heavy atom. The number of aromatic nitrogens is 3. The number of nitrogens with two attached hydrogens (primary N) is 1. The number of rotatable bonds is 5. The van der Waals surface area contributed by atoms with Crippen molar-refractivity contribution in [3.05, 3.63) is 81.4 Å². The Morgan fingerprint density at radius 3 is 2.62 bits per heavy atom. The molecule has 7 nitrogen and oxygen atoms in total. The predicted molar refractivity (Wildman–Crippen MR) is 128 cm³/mol. The summed E-state index contributed by atoms with van der Waals surface area (Å²) in [6, 6.07) is 13.5. The molecule has 2 aromatic heterocycles. The second-order valence-corrected chi connectivity index (χ2v) is 8.39. The van der Waals surface area contributed by atoms with E-state index >= 15 is 0 Å². The maximum absolute atomic E-state index is 13.3. The number of aryl methyl sites for hydroxylation is 2. The first kappa shape index (κ1) is 21.4. The highest BCUT2D eigenvalue weighted by molar-refractivity contribution is 6.08. The number of anilines is 1. The van der Waals surface area contributed by atoms with Gasteiger partial charge in [0.25, 0.3) is 11.5 Å². The van der Waals surface area contributed by atoms with Gasteiger partial charge in [0.1, 0.15) is 0 Å². The highest BCUT2D eigenvalue weighted by atomic mass is 16.1. The number of nitrogen functional groups attached to an aromatic ring is 1. The monoisotopic (exact) mass is 429 g/mol. The normalized spacial score (nSPS) is 11.3. The lowest BCUT2D eigenvalue weighted by Gasteiger charge is -2.13. The van der Waals surface area contributed by atoms with Crippen LogP contribution < -0.4 is 16.6 Å². The summed E-state index contributed by atoms with van der Waals surface area (Å²) in [6.45, 7) is 7.94. The molecule has 4 aromatic rings. The summed E-state index contributed by atoms with van der Waals surface area (Å²) in [7, 11) is 0. The zero-order chi connectivity index (χ0) is 23.0. The number of carbonyl (C=O) groups excluding carboxylic acids is 1. The standard InChI is InChI=1S/C25H27N5O2/c1-14(2)30-23-11-18(17-6-5-7-19(26)9-17)10-20(22(23)13-28-30)24(31)27-12-21-15(3)8-16(4)29-25(21)32/h5-11,13-14H,12,26H2,1-4H3,(H,27,31)(H,29,32). The molecule has 164 valence electrons. The number of H-pyrrole nitrogens is 1. The second-order valence-electron chi connectivity index (χ2n) is 8.39. The molecule has 0 aliphatic heterocycles. The van der Waals surface area contributed by atoms with Crippen LogP contribution in [0.3, 0.4) is 0 Å². The molecule has 4 rings (SSSR count). The van der Waals surface area contributed by atoms with Crippen LogP contribution in [0.4, 0.5) is 5.69 Å². The van der Waals surface area contributed by atoms with E-state index in [4.69, 9.17) is 5.73 Å². The molecule has 0 fully saturated rings. The number of carbonyl (C=O) groups is 1. The fourth-order valence-corrected chi connectivity index (χ4v) is 3.99. The van der Waals surface area contributed by atoms with Gasteiger partial charge in [-0.1, -0.05) is 12.1 Å². The van der Waals surface area contributed by atoms with Crippen molar-refractivity contribution in [2.24, 2.45) is 0 Å². The molecule has 0 bridgehead atoms. The van der Waals surface area contributed by atoms with E-state index in [1.54, 1.807) is 6.20 Å². The van der Waals surface area contributed by atoms with Gasteiger partial charge in [-0.05, 0) is 74.7 Å². The third-order valence-electron chi connectivity index (χ3n) is 5.59. The Hall–Kier alpha value is -3.87. The number of fused-ring (bicyclic) bond motifs is 1. The summed E-state index contributed by atoms with van der Waals surface area (Å²) in [5.41, 5.74) is 11.8. The Balaban J connectivity index is 1.77. The molecule has 32 heavy (non-hydrogen) atoms. The molecular weight excluding hydrogens is 402 g/mol. The van der Waals surface area contributed by atoms with E-state index in [9.17, 15) is 9.59 Å². The average molecular weight is 430 g/mol. The number of hydrogen-bond donors (Lipinski definition) is 3. The van der Waals surface area contributed by atoms with Gasteiger partial charge in [0.05, 0.1) is 17.3 Å². The van der Waals surface area contributed by atoms with Crippen molar-refractivity contribution in [2.45, 2.75) is 40.3 Å². The average Bonchev–Trinajstić information content (AvgIpc) is 3.16. The fraction of sp³-hybridized carbons (Fsp3) is 0.240. The molecule has 0 aliphatic carbocycles. The minimum atomic E-state index is -0.261. The summed E-state index contributed by atoms with van der Waals surface area (Å²) >= 11 is 0. The number of amides is 1. The third kappa shape index (κ3) is 4.01. The fourth-order valence-electron chi connectivity index (χ4n) is 3.99. The summed E-state index contributed by atoms with van der Waals surface area (Å²) < 4.78 is 1.90. The van der Waals surface area contributed by atoms with Gasteiger partial charge in [-0.15, -0.1) is 0 Å². The maximum atomic E-state index is 13.3. The van der Waals surface area contributed by atoms with Crippen LogP contribution in [-0.2, 0) is 6.54 Å². The molecule has 0 spiro atoms. The van der Waals surface area contributed by atoms with Crippen LogP contribution >= 0.6 is 0 Å². The lowest BCUT2D eigenvalue weighted by atomic mass is 9.99. The van der Waals surface area contributed by atoms with Gasteiger partial charge in [0, 0.05) is 34.9 Å². The van der Waals surface area contributed by atoms with Gasteiger partial charge in [-0.2, -0.15) is 5.10 Å². The largest absolute Gasteiger partial charge is 0.399 e. The smallest absolute Gasteiger partial charge is 0.253 e. The highest BCUT2D eigenvalue weighted by Gasteiger charge is 2.18. The molecule has 2 aromatic carbocycles. The molecule has 7 heteroatoms. The van der Waals surface area contributed by atoms with Gasteiger partial charge in [0.2, 0.25) is 0 Å². The Bertz CT molecular complexity index is 1380. The van der Waals surface area contributed by atoms with Crippen molar-refractivity contribution in [3.8, 4) is 11.1 Å². The van der Waals surface area contributed by atoms with Crippen molar-refractivity contribution < 1.29 is 4.79 Å². The number of benzene rings is 2. The quantitative estimate of drug-likeness (QED) is 0.415. The van der Waals surface area contributed by atoms with Crippen LogP contribution in [-0.4, -0.2) is 20.7 Å². The molecular formula is C25H27N5O2. The zero-order valence-corrected chi connectivity index (χ0v) is 18.7. The Kier molecular flexibility index (Phi) is 5.57. The van der Waals surface area contributed by atoms with Crippen molar-refractivity contribution in [2.75, 3.05) is 5.73 Å². The van der Waals surface area contributed by atoms with E-state index in [1.807, 2.05) is 74.8 Å². The first-order valence-electron chi connectivity index (χ1n) is 10.6. The van der Waals surface area contributed by atoms with Crippen LogP contribution in [0.2, 0.25) is 0 Å². The topological polar surface area (TPSA) is 106 Å². The molecule has 1 amide bonds. The van der Waals surface area contributed by atoms with Crippen LogP contribution in [0.5, 0.6) is 0 Å². The summed E-state index contributed by atoms with van der Waals surface area (Å²) in [6.07, 6.45) is 1.72. The number of nitrogens with one attached hydrogen (secondary N) is 2. The van der Waals surface area contributed by atoms with Gasteiger partial charge in [0.15, 0.2) is 0 Å². The van der Waals surface area contributed by atoms with Crippen molar-refractivity contribution in [1.29, 1.82) is 0 Å². The van der Waals surface area contributed by atoms with Crippen molar-refractivity contribution in [3.63, 3.8) is 0 Å². The minimum absolute atomic E-state index is 0.133. The molecule has 2 heterocycles. The summed E-state index contributed by atoms with van der Waals surface area (Å²) in [5, 5.41) is 8.18. The minimum Gasteiger partial charge on any atom is -0.399 e. The molecule has 0 aliphatic rings. The summed E-state index contributed by atoms with van der Waals surface area (Å²) in [4.78, 5) is 28.4. The zero-order valence-electron chi connectivity index (χ0n) is 18.7. The van der Waals surface area contributed by atoms with Crippen LogP contribution in [0.1, 0.15) is 47.1 Å². The van der Waals surface area contributed by atoms with E-state index in [0.29, 0.717) is 16.8 Å². The molecule has 0 saturated heterocycles. The Morgan fingerprint density at radius 1 is 1.16 bits per heavy atom. The third-order valence-corrected chi connectivity index (χ3v) is 5.59. The van der Waals surface area contributed by atoms with Crippen LogP contribution in [0, 0.1) is 13.8 Å². The van der Waals surface area contributed by atoms with Crippen LogP contribution in [0.15, 0.2) is 53.5 Å². The second kappa shape index (κ2) is 8.34. The number of aromatic amines is 1. The van der Waals surface area contributed by atoms with E-state index in [-0.39, 0.29) is 24.1 Å². The van der Waals surface area contributed by atoms with Crippen molar-refractivity contribution >= 4 is 22.5 Å². The van der Waals surface area contributed by atoms with E-state index in [1.165, 1.54) is 0 Å². The number of pyridine rings is 1. The molecule has 0 saturated carbocycles. The van der Waals surface area contributed by atoms with Gasteiger partial charge in [-0.25, -0.2) is 0 Å². The van der Waals surface area contributed by atoms with Gasteiger partial charge < -0.3 is 16.0 Å². The summed E-state index contributed by atoms with van der Waals surface area (Å²) in [5.74, 6) is -0.261. The van der Waals surface area contributed by atoms with E-state index in [2.05, 4.69) is 15.4 Å². The lowest BCUT2D eigenvalue weighted by molar-refractivity contribution is 0.0952. The Labute approximate surface area is 186 Å². The highest BCUT2D eigenvalue weighted by Crippen LogP contribution is 2.30. The molecule has 4 N–H and O–H groups in total. The number of nitrogens with zero attached hydrogens (tertiary/aromatic N) is 2.